The molecular weight excluding hydrogens is 206 g/mol. The maximum Gasteiger partial charge on any atom is 0.230 e. The molecule has 0 atom stereocenters. The molecule has 0 radical (unpaired) electrons. The Morgan fingerprint density at radius 2 is 2.13 bits per heavy atom. The van der Waals surface area contributed by atoms with E-state index < -0.39 is 0 Å². The zero-order valence-electron chi connectivity index (χ0n) is 9.50. The predicted octanol–water partition coefficient (Wildman–Crippen LogP) is 2.74. The van der Waals surface area contributed by atoms with Crippen molar-refractivity contribution in [2.45, 2.75) is 45.1 Å². The van der Waals surface area contributed by atoms with Crippen LogP contribution < -0.4 is 5.32 Å². The Kier molecular flexibility index (Phi) is 6.57. The number of nitrogens with one attached hydrogen (secondary N) is 1. The summed E-state index contributed by atoms with van der Waals surface area (Å²) >= 11 is 1.68. The summed E-state index contributed by atoms with van der Waals surface area (Å²) < 4.78 is 0. The Hall–Kier alpha value is -0.440. The van der Waals surface area contributed by atoms with Crippen molar-refractivity contribution in [3.63, 3.8) is 0 Å². The number of hydrogen-bond acceptors (Lipinski definition) is 2. The summed E-state index contributed by atoms with van der Waals surface area (Å²) in [6.45, 7) is 2.00. The van der Waals surface area contributed by atoms with Gasteiger partial charge in [-0.15, -0.1) is 11.8 Å². The average molecular weight is 227 g/mol. The lowest BCUT2D eigenvalue weighted by Crippen LogP contribution is -2.37. The lowest BCUT2D eigenvalue weighted by molar-refractivity contribution is -0.119. The smallest absolute Gasteiger partial charge is 0.230 e. The van der Waals surface area contributed by atoms with Crippen molar-refractivity contribution in [1.82, 2.24) is 5.32 Å². The van der Waals surface area contributed by atoms with Gasteiger partial charge in [0, 0.05) is 11.8 Å². The van der Waals surface area contributed by atoms with E-state index in [-0.39, 0.29) is 5.91 Å². The second-order valence-corrected chi connectivity index (χ2v) is 5.02. The first-order valence-corrected chi connectivity index (χ1v) is 6.96. The molecule has 0 spiro atoms. The Balaban J connectivity index is 2.06. The molecule has 2 nitrogen and oxygen atoms in total. The molecule has 1 saturated carbocycles. The second-order valence-electron chi connectivity index (χ2n) is 3.99. The SMILES string of the molecule is C/C=C/CSCC(=O)NC1CCCCC1. The van der Waals surface area contributed by atoms with Gasteiger partial charge in [-0.3, -0.25) is 4.79 Å². The molecule has 86 valence electrons. The van der Waals surface area contributed by atoms with E-state index in [1.807, 2.05) is 13.0 Å². The molecular formula is C12H21NOS. The number of carbonyl (C=O) groups is 1. The highest BCUT2D eigenvalue weighted by molar-refractivity contribution is 8.00. The van der Waals surface area contributed by atoms with Crippen LogP contribution in [0.1, 0.15) is 39.0 Å². The van der Waals surface area contributed by atoms with Gasteiger partial charge in [-0.2, -0.15) is 0 Å². The summed E-state index contributed by atoms with van der Waals surface area (Å²) in [5.74, 6) is 1.74. The third-order valence-electron chi connectivity index (χ3n) is 2.65. The first-order chi connectivity index (χ1) is 7.33. The minimum absolute atomic E-state index is 0.205. The van der Waals surface area contributed by atoms with E-state index in [1.54, 1.807) is 11.8 Å². The topological polar surface area (TPSA) is 29.1 Å². The third-order valence-corrected chi connectivity index (χ3v) is 3.55. The summed E-state index contributed by atoms with van der Waals surface area (Å²) in [5, 5.41) is 3.11. The number of allylic oxidation sites excluding steroid dienone is 1. The van der Waals surface area contributed by atoms with E-state index in [0.717, 1.165) is 5.75 Å². The number of rotatable bonds is 5. The van der Waals surface area contributed by atoms with Gasteiger partial charge in [0.1, 0.15) is 0 Å². The molecule has 1 N–H and O–H groups in total. The standard InChI is InChI=1S/C12H21NOS/c1-2-3-9-15-10-12(14)13-11-7-5-4-6-8-11/h2-3,11H,4-10H2,1H3,(H,13,14)/b3-2+. The van der Waals surface area contributed by atoms with E-state index in [0.29, 0.717) is 11.8 Å². The van der Waals surface area contributed by atoms with E-state index >= 15 is 0 Å². The maximum absolute atomic E-state index is 11.5. The summed E-state index contributed by atoms with van der Waals surface area (Å²) in [5.41, 5.74) is 0. The number of hydrogen-bond donors (Lipinski definition) is 1. The monoisotopic (exact) mass is 227 g/mol. The number of amides is 1. The minimum Gasteiger partial charge on any atom is -0.353 e. The van der Waals surface area contributed by atoms with Crippen LogP contribution in [0.4, 0.5) is 0 Å². The van der Waals surface area contributed by atoms with Gasteiger partial charge < -0.3 is 5.32 Å². The van der Waals surface area contributed by atoms with Crippen LogP contribution >= 0.6 is 11.8 Å². The summed E-state index contributed by atoms with van der Waals surface area (Å²) in [7, 11) is 0. The number of carbonyl (C=O) groups excluding carboxylic acids is 1. The first-order valence-electron chi connectivity index (χ1n) is 5.81. The molecule has 1 aliphatic rings. The Morgan fingerprint density at radius 1 is 1.40 bits per heavy atom. The zero-order valence-corrected chi connectivity index (χ0v) is 10.3. The second kappa shape index (κ2) is 7.80. The van der Waals surface area contributed by atoms with Crippen molar-refractivity contribution in [3.8, 4) is 0 Å². The Morgan fingerprint density at radius 3 is 2.80 bits per heavy atom. The van der Waals surface area contributed by atoms with Gasteiger partial charge in [-0.25, -0.2) is 0 Å². The molecule has 1 rings (SSSR count). The molecule has 0 bridgehead atoms. The van der Waals surface area contributed by atoms with Gasteiger partial charge in [0.2, 0.25) is 5.91 Å². The van der Waals surface area contributed by atoms with E-state index in [1.165, 1.54) is 32.1 Å². The van der Waals surface area contributed by atoms with Crippen molar-refractivity contribution in [2.24, 2.45) is 0 Å². The fourth-order valence-corrected chi connectivity index (χ4v) is 2.55. The molecule has 0 aromatic rings. The van der Waals surface area contributed by atoms with Crippen molar-refractivity contribution in [2.75, 3.05) is 11.5 Å². The van der Waals surface area contributed by atoms with Crippen molar-refractivity contribution < 1.29 is 4.79 Å². The summed E-state index contributed by atoms with van der Waals surface area (Å²) in [4.78, 5) is 11.5. The first kappa shape index (κ1) is 12.6. The van der Waals surface area contributed by atoms with Gasteiger partial charge in [-0.1, -0.05) is 31.4 Å². The molecule has 0 aliphatic heterocycles. The van der Waals surface area contributed by atoms with Crippen LogP contribution in [-0.4, -0.2) is 23.5 Å². The summed E-state index contributed by atoms with van der Waals surface area (Å²) in [6.07, 6.45) is 10.3. The minimum atomic E-state index is 0.205. The summed E-state index contributed by atoms with van der Waals surface area (Å²) in [6, 6.07) is 0.452. The molecule has 0 heterocycles. The largest absolute Gasteiger partial charge is 0.353 e. The molecule has 0 aromatic carbocycles. The predicted molar refractivity (Wildman–Crippen MR) is 67.2 cm³/mol. The molecule has 0 saturated heterocycles. The normalized spacial score (nSPS) is 18.2. The highest BCUT2D eigenvalue weighted by Gasteiger charge is 2.14. The molecule has 1 amide bonds. The molecule has 3 heteroatoms. The van der Waals surface area contributed by atoms with Crippen LogP contribution in [-0.2, 0) is 4.79 Å². The van der Waals surface area contributed by atoms with Gasteiger partial charge >= 0.3 is 0 Å². The van der Waals surface area contributed by atoms with Crippen LogP contribution in [0.15, 0.2) is 12.2 Å². The molecule has 0 unspecified atom stereocenters. The molecule has 1 aliphatic carbocycles. The Labute approximate surface area is 96.9 Å². The van der Waals surface area contributed by atoms with Crippen LogP contribution in [0.2, 0.25) is 0 Å². The van der Waals surface area contributed by atoms with Gasteiger partial charge in [0.25, 0.3) is 0 Å². The lowest BCUT2D eigenvalue weighted by atomic mass is 9.95. The fourth-order valence-electron chi connectivity index (χ4n) is 1.83. The maximum atomic E-state index is 11.5. The molecule has 0 aromatic heterocycles. The van der Waals surface area contributed by atoms with Crippen molar-refractivity contribution in [3.05, 3.63) is 12.2 Å². The highest BCUT2D eigenvalue weighted by atomic mass is 32.2. The Bertz CT molecular complexity index is 210. The lowest BCUT2D eigenvalue weighted by Gasteiger charge is -2.22. The molecule has 1 fully saturated rings. The highest BCUT2D eigenvalue weighted by Crippen LogP contribution is 2.17. The van der Waals surface area contributed by atoms with Crippen molar-refractivity contribution >= 4 is 17.7 Å². The van der Waals surface area contributed by atoms with Crippen LogP contribution in [0.5, 0.6) is 0 Å². The van der Waals surface area contributed by atoms with Crippen molar-refractivity contribution in [1.29, 1.82) is 0 Å². The van der Waals surface area contributed by atoms with Crippen LogP contribution in [0, 0.1) is 0 Å². The van der Waals surface area contributed by atoms with E-state index in [4.69, 9.17) is 0 Å². The van der Waals surface area contributed by atoms with E-state index in [2.05, 4.69) is 11.4 Å². The quantitative estimate of drug-likeness (QED) is 0.578. The average Bonchev–Trinajstić information content (AvgIpc) is 2.26. The fraction of sp³-hybridized carbons (Fsp3) is 0.750. The molecule has 15 heavy (non-hydrogen) atoms. The van der Waals surface area contributed by atoms with Gasteiger partial charge in [0.05, 0.1) is 5.75 Å². The van der Waals surface area contributed by atoms with Gasteiger partial charge in [-0.05, 0) is 19.8 Å². The van der Waals surface area contributed by atoms with Crippen LogP contribution in [0.25, 0.3) is 0 Å². The zero-order chi connectivity index (χ0) is 10.9. The third kappa shape index (κ3) is 5.88. The van der Waals surface area contributed by atoms with E-state index in [9.17, 15) is 4.79 Å². The van der Waals surface area contributed by atoms with Crippen LogP contribution in [0.3, 0.4) is 0 Å². The number of thioether (sulfide) groups is 1. The van der Waals surface area contributed by atoms with Gasteiger partial charge in [0.15, 0.2) is 0 Å².